The Morgan fingerprint density at radius 3 is 3.21 bits per heavy atom. The third kappa shape index (κ3) is 4.33. The molecule has 0 aliphatic carbocycles. The molecule has 128 valence electrons. The van der Waals surface area contributed by atoms with Crippen LogP contribution in [0.15, 0.2) is 35.2 Å². The number of carbonyl (C=O) groups is 1. The van der Waals surface area contributed by atoms with E-state index in [1.54, 1.807) is 22.9 Å². The second kappa shape index (κ2) is 8.26. The maximum atomic E-state index is 12.4. The molecule has 5 nitrogen and oxygen atoms in total. The lowest BCUT2D eigenvalue weighted by atomic mass is 10.2. The van der Waals surface area contributed by atoms with Gasteiger partial charge in [-0.15, -0.1) is 11.3 Å². The van der Waals surface area contributed by atoms with E-state index in [0.717, 1.165) is 25.2 Å². The first-order valence-electron chi connectivity index (χ1n) is 8.38. The van der Waals surface area contributed by atoms with Crippen LogP contribution in [0, 0.1) is 0 Å². The number of ether oxygens (including phenoxy) is 1. The van der Waals surface area contributed by atoms with Crippen molar-refractivity contribution in [2.75, 3.05) is 19.6 Å². The van der Waals surface area contributed by atoms with Crippen LogP contribution < -0.4 is 10.1 Å². The van der Waals surface area contributed by atoms with Crippen LogP contribution in [0.4, 0.5) is 0 Å². The molecule has 1 aliphatic rings. The summed E-state index contributed by atoms with van der Waals surface area (Å²) in [6.45, 7) is 5.47. The third-order valence-electron chi connectivity index (χ3n) is 4.37. The fourth-order valence-electron chi connectivity index (χ4n) is 3.05. The number of thiazole rings is 1. The quantitative estimate of drug-likeness (QED) is 0.838. The van der Waals surface area contributed by atoms with Gasteiger partial charge in [0, 0.05) is 23.5 Å². The van der Waals surface area contributed by atoms with E-state index >= 15 is 0 Å². The number of likely N-dealkylation sites (tertiary alicyclic amines) is 1. The first kappa shape index (κ1) is 16.9. The first-order valence-corrected chi connectivity index (χ1v) is 9.32. The molecule has 3 rings (SSSR count). The largest absolute Gasteiger partial charge is 0.487 e. The van der Waals surface area contributed by atoms with Gasteiger partial charge in [-0.1, -0.05) is 13.0 Å². The zero-order chi connectivity index (χ0) is 16.8. The molecule has 0 saturated carbocycles. The summed E-state index contributed by atoms with van der Waals surface area (Å²) < 4.78 is 5.71. The fraction of sp³-hybridized carbons (Fsp3) is 0.444. The van der Waals surface area contributed by atoms with Crippen LogP contribution in [0.2, 0.25) is 0 Å². The van der Waals surface area contributed by atoms with Crippen LogP contribution in [0.1, 0.15) is 35.8 Å². The predicted octanol–water partition coefficient (Wildman–Crippen LogP) is 2.94. The smallest absolute Gasteiger partial charge is 0.251 e. The van der Waals surface area contributed by atoms with Crippen molar-refractivity contribution >= 4 is 17.2 Å². The Morgan fingerprint density at radius 2 is 2.42 bits per heavy atom. The summed E-state index contributed by atoms with van der Waals surface area (Å²) in [7, 11) is 0. The van der Waals surface area contributed by atoms with Crippen LogP contribution in [0.5, 0.6) is 5.75 Å². The van der Waals surface area contributed by atoms with Crippen LogP contribution in [0.25, 0.3) is 0 Å². The molecule has 0 spiro atoms. The van der Waals surface area contributed by atoms with Crippen molar-refractivity contribution in [1.29, 1.82) is 0 Å². The molecule has 6 heteroatoms. The fourth-order valence-corrected chi connectivity index (χ4v) is 3.59. The van der Waals surface area contributed by atoms with Crippen molar-refractivity contribution < 1.29 is 9.53 Å². The zero-order valence-corrected chi connectivity index (χ0v) is 14.7. The minimum Gasteiger partial charge on any atom is -0.487 e. The number of amides is 1. The highest BCUT2D eigenvalue weighted by atomic mass is 32.1. The maximum Gasteiger partial charge on any atom is 0.251 e. The van der Waals surface area contributed by atoms with Gasteiger partial charge in [-0.2, -0.15) is 0 Å². The van der Waals surface area contributed by atoms with Crippen LogP contribution in [-0.4, -0.2) is 41.5 Å². The number of carbonyl (C=O) groups excluding carboxylic acids is 1. The van der Waals surface area contributed by atoms with E-state index in [0.29, 0.717) is 30.5 Å². The zero-order valence-electron chi connectivity index (χ0n) is 13.9. The Hall–Kier alpha value is -1.92. The molecule has 1 aliphatic heterocycles. The molecule has 1 atom stereocenters. The number of likely N-dealkylation sites (N-methyl/N-ethyl adjacent to an activating group) is 1. The van der Waals surface area contributed by atoms with E-state index in [4.69, 9.17) is 4.74 Å². The Balaban J connectivity index is 1.53. The lowest BCUT2D eigenvalue weighted by molar-refractivity contribution is 0.0941. The standard InChI is InChI=1S/C18H23N3O2S/c1-2-21-8-4-6-16(21)10-19-18(22)14-5-3-7-17(9-14)23-11-15-12-24-13-20-15/h3,5,7,9,12-13,16H,2,4,6,8,10-11H2,1H3,(H,19,22)/t16-/m0/s1. The highest BCUT2D eigenvalue weighted by Crippen LogP contribution is 2.17. The van der Waals surface area contributed by atoms with Crippen molar-refractivity contribution in [2.24, 2.45) is 0 Å². The Labute approximate surface area is 146 Å². The Bertz CT molecular complexity index is 660. The number of nitrogens with zero attached hydrogens (tertiary/aromatic N) is 2. The van der Waals surface area contributed by atoms with E-state index in [1.807, 2.05) is 23.6 Å². The van der Waals surface area contributed by atoms with Gasteiger partial charge in [-0.25, -0.2) is 4.98 Å². The third-order valence-corrected chi connectivity index (χ3v) is 5.01. The molecule has 1 aromatic heterocycles. The van der Waals surface area contributed by atoms with Crippen molar-refractivity contribution in [1.82, 2.24) is 15.2 Å². The average Bonchev–Trinajstić information content (AvgIpc) is 3.29. The summed E-state index contributed by atoms with van der Waals surface area (Å²) in [6, 6.07) is 7.77. The first-order chi connectivity index (χ1) is 11.8. The molecular formula is C18H23N3O2S. The molecule has 1 N–H and O–H groups in total. The molecule has 2 heterocycles. The molecule has 1 fully saturated rings. The van der Waals surface area contributed by atoms with Gasteiger partial charge in [0.25, 0.3) is 5.91 Å². The topological polar surface area (TPSA) is 54.5 Å². The van der Waals surface area contributed by atoms with E-state index in [-0.39, 0.29) is 5.91 Å². The number of hydrogen-bond acceptors (Lipinski definition) is 5. The highest BCUT2D eigenvalue weighted by Gasteiger charge is 2.23. The summed E-state index contributed by atoms with van der Waals surface area (Å²) in [4.78, 5) is 19.0. The maximum absolute atomic E-state index is 12.4. The van der Waals surface area contributed by atoms with E-state index in [1.165, 1.54) is 6.42 Å². The summed E-state index contributed by atoms with van der Waals surface area (Å²) in [5, 5.41) is 5.01. The molecule has 0 unspecified atom stereocenters. The Morgan fingerprint density at radius 1 is 1.50 bits per heavy atom. The van der Waals surface area contributed by atoms with E-state index in [2.05, 4.69) is 22.1 Å². The molecule has 0 bridgehead atoms. The highest BCUT2D eigenvalue weighted by molar-refractivity contribution is 7.07. The number of rotatable bonds is 7. The van der Waals surface area contributed by atoms with Gasteiger partial charge in [0.2, 0.25) is 0 Å². The van der Waals surface area contributed by atoms with E-state index < -0.39 is 0 Å². The minimum atomic E-state index is -0.0444. The van der Waals surface area contributed by atoms with Gasteiger partial charge in [-0.3, -0.25) is 9.69 Å². The predicted molar refractivity (Wildman–Crippen MR) is 95.5 cm³/mol. The number of benzene rings is 1. The normalized spacial score (nSPS) is 17.8. The lowest BCUT2D eigenvalue weighted by Gasteiger charge is -2.22. The van der Waals surface area contributed by atoms with Crippen molar-refractivity contribution in [3.05, 3.63) is 46.4 Å². The monoisotopic (exact) mass is 345 g/mol. The SMILES string of the molecule is CCN1CCC[C@H]1CNC(=O)c1cccc(OCc2cscn2)c1. The van der Waals surface area contributed by atoms with Gasteiger partial charge < -0.3 is 10.1 Å². The van der Waals surface area contributed by atoms with Crippen LogP contribution in [-0.2, 0) is 6.61 Å². The van der Waals surface area contributed by atoms with Gasteiger partial charge in [0.15, 0.2) is 0 Å². The summed E-state index contributed by atoms with van der Waals surface area (Å²) in [6.07, 6.45) is 2.37. The van der Waals surface area contributed by atoms with Gasteiger partial charge in [0.1, 0.15) is 12.4 Å². The lowest BCUT2D eigenvalue weighted by Crippen LogP contribution is -2.40. The summed E-state index contributed by atoms with van der Waals surface area (Å²) >= 11 is 1.54. The molecule has 0 radical (unpaired) electrons. The molecule has 24 heavy (non-hydrogen) atoms. The van der Waals surface area contributed by atoms with Gasteiger partial charge in [-0.05, 0) is 44.1 Å². The van der Waals surface area contributed by atoms with Crippen molar-refractivity contribution in [3.63, 3.8) is 0 Å². The minimum absolute atomic E-state index is 0.0444. The van der Waals surface area contributed by atoms with E-state index in [9.17, 15) is 4.79 Å². The molecule has 1 aromatic carbocycles. The second-order valence-electron chi connectivity index (χ2n) is 5.93. The Kier molecular flexibility index (Phi) is 5.82. The summed E-state index contributed by atoms with van der Waals surface area (Å²) in [5.41, 5.74) is 3.31. The van der Waals surface area contributed by atoms with Gasteiger partial charge in [0.05, 0.1) is 11.2 Å². The van der Waals surface area contributed by atoms with Crippen molar-refractivity contribution in [2.45, 2.75) is 32.4 Å². The van der Waals surface area contributed by atoms with Crippen LogP contribution >= 0.6 is 11.3 Å². The second-order valence-corrected chi connectivity index (χ2v) is 6.65. The van der Waals surface area contributed by atoms with Gasteiger partial charge >= 0.3 is 0 Å². The number of hydrogen-bond donors (Lipinski definition) is 1. The molecule has 2 aromatic rings. The average molecular weight is 345 g/mol. The molecule has 1 saturated heterocycles. The molecular weight excluding hydrogens is 322 g/mol. The van der Waals surface area contributed by atoms with Crippen molar-refractivity contribution in [3.8, 4) is 5.75 Å². The molecule has 1 amide bonds. The number of aromatic nitrogens is 1. The number of nitrogens with one attached hydrogen (secondary N) is 1. The van der Waals surface area contributed by atoms with Crippen LogP contribution in [0.3, 0.4) is 0 Å². The summed E-state index contributed by atoms with van der Waals surface area (Å²) in [5.74, 6) is 0.642.